The van der Waals surface area contributed by atoms with Crippen molar-refractivity contribution in [3.63, 3.8) is 0 Å². The zero-order valence-electron chi connectivity index (χ0n) is 14.1. The largest absolute Gasteiger partial charge is 0.340 e. The average molecular weight is 363 g/mol. The Morgan fingerprint density at radius 3 is 2.32 bits per heavy atom. The Balaban J connectivity index is 2.12. The molecule has 6 heteroatoms. The minimum Gasteiger partial charge on any atom is -0.340 e. The van der Waals surface area contributed by atoms with E-state index in [1.54, 1.807) is 36.4 Å². The Morgan fingerprint density at radius 2 is 1.72 bits per heavy atom. The summed E-state index contributed by atoms with van der Waals surface area (Å²) in [6, 6.07) is 11.5. The maximum Gasteiger partial charge on any atom is 0.251 e. The minimum atomic E-state index is -0.775. The molecule has 132 valence electrons. The van der Waals surface area contributed by atoms with Crippen LogP contribution in [-0.4, -0.2) is 17.9 Å². The highest BCUT2D eigenvalue weighted by atomic mass is 35.5. The van der Waals surface area contributed by atoms with Crippen molar-refractivity contribution >= 4 is 29.1 Å². The lowest BCUT2D eigenvalue weighted by molar-refractivity contribution is -0.118. The zero-order chi connectivity index (χ0) is 18.4. The van der Waals surface area contributed by atoms with Gasteiger partial charge in [-0.25, -0.2) is 4.39 Å². The van der Waals surface area contributed by atoms with Gasteiger partial charge in [-0.2, -0.15) is 0 Å². The van der Waals surface area contributed by atoms with Crippen LogP contribution in [0.3, 0.4) is 0 Å². The molecule has 0 fully saturated rings. The summed E-state index contributed by atoms with van der Waals surface area (Å²) in [5.41, 5.74) is 0.485. The molecule has 25 heavy (non-hydrogen) atoms. The summed E-state index contributed by atoms with van der Waals surface area (Å²) in [5, 5.41) is 5.76. The molecule has 2 aromatic rings. The Labute approximate surface area is 151 Å². The number of benzene rings is 2. The first-order valence-electron chi connectivity index (χ1n) is 7.98. The molecule has 1 unspecified atom stereocenters. The number of hydrogen-bond donors (Lipinski definition) is 2. The van der Waals surface area contributed by atoms with Crippen LogP contribution in [-0.2, 0) is 4.79 Å². The van der Waals surface area contributed by atoms with Gasteiger partial charge in [0.05, 0.1) is 5.69 Å². The van der Waals surface area contributed by atoms with Gasteiger partial charge in [-0.1, -0.05) is 37.6 Å². The number of rotatable bonds is 6. The van der Waals surface area contributed by atoms with E-state index in [-0.39, 0.29) is 17.5 Å². The Morgan fingerprint density at radius 1 is 1.08 bits per heavy atom. The maximum absolute atomic E-state index is 13.7. The van der Waals surface area contributed by atoms with Crippen molar-refractivity contribution in [2.75, 3.05) is 5.32 Å². The predicted molar refractivity (Wildman–Crippen MR) is 97.2 cm³/mol. The third kappa shape index (κ3) is 5.57. The molecule has 1 atom stereocenters. The van der Waals surface area contributed by atoms with Crippen LogP contribution in [0.4, 0.5) is 10.1 Å². The molecule has 0 radical (unpaired) electrons. The zero-order valence-corrected chi connectivity index (χ0v) is 14.8. The maximum atomic E-state index is 13.7. The number of halogens is 2. The fourth-order valence-electron chi connectivity index (χ4n) is 2.33. The summed E-state index contributed by atoms with van der Waals surface area (Å²) >= 11 is 5.82. The fourth-order valence-corrected chi connectivity index (χ4v) is 2.45. The number of anilines is 1. The van der Waals surface area contributed by atoms with Gasteiger partial charge in [-0.3, -0.25) is 9.59 Å². The van der Waals surface area contributed by atoms with E-state index in [1.807, 2.05) is 13.8 Å². The van der Waals surface area contributed by atoms with Gasteiger partial charge in [0, 0.05) is 10.6 Å². The molecule has 2 rings (SSSR count). The highest BCUT2D eigenvalue weighted by molar-refractivity contribution is 6.30. The second kappa shape index (κ2) is 8.62. The summed E-state index contributed by atoms with van der Waals surface area (Å²) in [4.78, 5) is 24.9. The number of hydrogen-bond acceptors (Lipinski definition) is 2. The highest BCUT2D eigenvalue weighted by Crippen LogP contribution is 2.15. The lowest BCUT2D eigenvalue weighted by Gasteiger charge is -2.20. The molecular formula is C19H20ClFN2O2. The summed E-state index contributed by atoms with van der Waals surface area (Å²) in [6.45, 7) is 3.88. The number of para-hydroxylation sites is 1. The quantitative estimate of drug-likeness (QED) is 0.806. The predicted octanol–water partition coefficient (Wildman–Crippen LogP) is 4.26. The lowest BCUT2D eigenvalue weighted by atomic mass is 10.0. The van der Waals surface area contributed by atoms with Crippen molar-refractivity contribution in [3.8, 4) is 0 Å². The summed E-state index contributed by atoms with van der Waals surface area (Å²) in [7, 11) is 0. The first kappa shape index (κ1) is 18.9. The molecule has 0 heterocycles. The van der Waals surface area contributed by atoms with Crippen LogP contribution in [0.15, 0.2) is 48.5 Å². The van der Waals surface area contributed by atoms with E-state index in [4.69, 9.17) is 11.6 Å². The highest BCUT2D eigenvalue weighted by Gasteiger charge is 2.23. The van der Waals surface area contributed by atoms with Crippen molar-refractivity contribution < 1.29 is 14.0 Å². The molecule has 4 nitrogen and oxygen atoms in total. The van der Waals surface area contributed by atoms with E-state index in [9.17, 15) is 14.0 Å². The molecule has 2 aromatic carbocycles. The van der Waals surface area contributed by atoms with Gasteiger partial charge in [0.1, 0.15) is 11.9 Å². The van der Waals surface area contributed by atoms with Gasteiger partial charge in [0.2, 0.25) is 5.91 Å². The molecule has 0 spiro atoms. The summed E-state index contributed by atoms with van der Waals surface area (Å²) in [6.07, 6.45) is 0.430. The molecule has 0 aliphatic heterocycles. The Hall–Kier alpha value is -2.40. The van der Waals surface area contributed by atoms with E-state index >= 15 is 0 Å². The third-order valence-electron chi connectivity index (χ3n) is 3.57. The van der Waals surface area contributed by atoms with Crippen molar-refractivity contribution in [2.24, 2.45) is 5.92 Å². The molecule has 2 amide bonds. The van der Waals surface area contributed by atoms with Gasteiger partial charge in [-0.15, -0.1) is 0 Å². The second-order valence-electron chi connectivity index (χ2n) is 6.13. The monoisotopic (exact) mass is 362 g/mol. The van der Waals surface area contributed by atoms with Crippen LogP contribution in [0.25, 0.3) is 0 Å². The molecule has 0 aromatic heterocycles. The molecule has 2 N–H and O–H groups in total. The number of carbonyl (C=O) groups excluding carboxylic acids is 2. The van der Waals surface area contributed by atoms with Crippen LogP contribution >= 0.6 is 11.6 Å². The topological polar surface area (TPSA) is 58.2 Å². The molecule has 0 bridgehead atoms. The molecular weight excluding hydrogens is 343 g/mol. The van der Waals surface area contributed by atoms with E-state index in [0.29, 0.717) is 17.0 Å². The van der Waals surface area contributed by atoms with Crippen molar-refractivity contribution in [1.29, 1.82) is 0 Å². The Kier molecular flexibility index (Phi) is 6.53. The first-order valence-corrected chi connectivity index (χ1v) is 8.36. The van der Waals surface area contributed by atoms with Gasteiger partial charge in [0.15, 0.2) is 0 Å². The van der Waals surface area contributed by atoms with E-state index in [1.165, 1.54) is 12.1 Å². The Bertz CT molecular complexity index is 747. The van der Waals surface area contributed by atoms with E-state index < -0.39 is 17.8 Å². The van der Waals surface area contributed by atoms with Gasteiger partial charge in [0.25, 0.3) is 5.91 Å². The number of amides is 2. The van der Waals surface area contributed by atoms with Gasteiger partial charge >= 0.3 is 0 Å². The van der Waals surface area contributed by atoms with E-state index in [0.717, 1.165) is 0 Å². The van der Waals surface area contributed by atoms with Crippen LogP contribution in [0.5, 0.6) is 0 Å². The number of carbonyl (C=O) groups is 2. The molecule has 0 saturated heterocycles. The fraction of sp³-hybridized carbons (Fsp3) is 0.263. The van der Waals surface area contributed by atoms with Crippen LogP contribution < -0.4 is 10.6 Å². The van der Waals surface area contributed by atoms with Gasteiger partial charge in [-0.05, 0) is 48.7 Å². The normalized spacial score (nSPS) is 11.9. The second-order valence-corrected chi connectivity index (χ2v) is 6.57. The van der Waals surface area contributed by atoms with Crippen molar-refractivity contribution in [1.82, 2.24) is 5.32 Å². The smallest absolute Gasteiger partial charge is 0.251 e. The minimum absolute atomic E-state index is 0.0852. The van der Waals surface area contributed by atoms with Crippen LogP contribution in [0, 0.1) is 11.7 Å². The SMILES string of the molecule is CC(C)CC(NC(=O)c1ccc(Cl)cc1)C(=O)Nc1ccccc1F. The summed E-state index contributed by atoms with van der Waals surface area (Å²) < 4.78 is 13.7. The lowest BCUT2D eigenvalue weighted by Crippen LogP contribution is -2.44. The first-order chi connectivity index (χ1) is 11.9. The molecule has 0 aliphatic carbocycles. The average Bonchev–Trinajstić information content (AvgIpc) is 2.56. The van der Waals surface area contributed by atoms with E-state index in [2.05, 4.69) is 10.6 Å². The molecule has 0 aliphatic rings. The summed E-state index contributed by atoms with van der Waals surface area (Å²) in [5.74, 6) is -1.20. The third-order valence-corrected chi connectivity index (χ3v) is 3.82. The van der Waals surface area contributed by atoms with Crippen LogP contribution in [0.1, 0.15) is 30.6 Å². The van der Waals surface area contributed by atoms with Crippen LogP contribution in [0.2, 0.25) is 5.02 Å². The van der Waals surface area contributed by atoms with Crippen molar-refractivity contribution in [3.05, 3.63) is 64.9 Å². The molecule has 0 saturated carbocycles. The van der Waals surface area contributed by atoms with Gasteiger partial charge < -0.3 is 10.6 Å². The van der Waals surface area contributed by atoms with Crippen molar-refractivity contribution in [2.45, 2.75) is 26.3 Å². The number of nitrogens with one attached hydrogen (secondary N) is 2. The standard InChI is InChI=1S/C19H20ClFN2O2/c1-12(2)11-17(19(25)22-16-6-4-3-5-15(16)21)23-18(24)13-7-9-14(20)10-8-13/h3-10,12,17H,11H2,1-2H3,(H,22,25)(H,23,24).